The molecule has 2 heteroatoms. The predicted molar refractivity (Wildman–Crippen MR) is 52.5 cm³/mol. The second-order valence-electron chi connectivity index (χ2n) is 1.98. The summed E-state index contributed by atoms with van der Waals surface area (Å²) in [6.45, 7) is 7.52. The van der Waals surface area contributed by atoms with Gasteiger partial charge in [-0.1, -0.05) is 26.5 Å². The predicted octanol–water partition coefficient (Wildman–Crippen LogP) is 2.10. The zero-order chi connectivity index (χ0) is 9.40. The smallest absolute Gasteiger partial charge is 0.132 e. The van der Waals surface area contributed by atoms with Gasteiger partial charge in [0.1, 0.15) is 5.49 Å². The molecule has 66 valence electrons. The molecule has 2 nitrogen and oxygen atoms in total. The summed E-state index contributed by atoms with van der Waals surface area (Å²) < 4.78 is 1.93. The first-order valence-corrected chi connectivity index (χ1v) is 4.11. The Morgan fingerprint density at radius 2 is 2.08 bits per heavy atom. The standard InChI is InChI=1S/C8H10N2.C2H6/c1-3-9-8-6-4-5-7-10(8)2;1-2/h3-7H,1H2,2H3;1-2H3. The average molecular weight is 164 g/mol. The highest BCUT2D eigenvalue weighted by atomic mass is 15.0. The number of hydrogen-bond donors (Lipinski definition) is 0. The Hall–Kier alpha value is -1.31. The van der Waals surface area contributed by atoms with Gasteiger partial charge in [-0.25, -0.2) is 4.99 Å². The Morgan fingerprint density at radius 1 is 1.42 bits per heavy atom. The molecule has 0 aliphatic rings. The molecular weight excluding hydrogens is 148 g/mol. The molecule has 0 spiro atoms. The Bertz CT molecular complexity index is 284. The van der Waals surface area contributed by atoms with Crippen LogP contribution in [0.5, 0.6) is 0 Å². The number of hydrogen-bond acceptors (Lipinski definition) is 1. The second-order valence-corrected chi connectivity index (χ2v) is 1.98. The molecule has 1 aromatic heterocycles. The van der Waals surface area contributed by atoms with E-state index in [1.807, 2.05) is 49.9 Å². The Morgan fingerprint density at radius 3 is 2.58 bits per heavy atom. The number of aromatic nitrogens is 1. The Labute approximate surface area is 73.9 Å². The summed E-state index contributed by atoms with van der Waals surface area (Å²) >= 11 is 0. The molecule has 0 atom stereocenters. The van der Waals surface area contributed by atoms with Crippen molar-refractivity contribution < 1.29 is 0 Å². The van der Waals surface area contributed by atoms with E-state index < -0.39 is 0 Å². The fourth-order valence-corrected chi connectivity index (χ4v) is 0.742. The minimum absolute atomic E-state index is 0.914. The molecule has 0 fully saturated rings. The molecule has 1 heterocycles. The normalized spacial score (nSPS) is 10.1. The summed E-state index contributed by atoms with van der Waals surface area (Å²) in [5, 5.41) is 0. The summed E-state index contributed by atoms with van der Waals surface area (Å²) in [6, 6.07) is 5.84. The zero-order valence-electron chi connectivity index (χ0n) is 7.99. The van der Waals surface area contributed by atoms with E-state index >= 15 is 0 Å². The van der Waals surface area contributed by atoms with E-state index in [1.54, 1.807) is 0 Å². The first-order chi connectivity index (χ1) is 5.84. The summed E-state index contributed by atoms with van der Waals surface area (Å²) in [6.07, 6.45) is 3.48. The van der Waals surface area contributed by atoms with Crippen LogP contribution in [0.2, 0.25) is 0 Å². The van der Waals surface area contributed by atoms with Crippen LogP contribution < -0.4 is 5.49 Å². The van der Waals surface area contributed by atoms with Gasteiger partial charge in [-0.05, 0) is 12.1 Å². The number of aryl methyl sites for hydroxylation is 1. The van der Waals surface area contributed by atoms with Crippen molar-refractivity contribution in [2.24, 2.45) is 12.0 Å². The SMILES string of the molecule is C=CN=c1ccccn1C.CC. The van der Waals surface area contributed by atoms with E-state index in [1.165, 1.54) is 6.20 Å². The molecule has 0 bridgehead atoms. The zero-order valence-corrected chi connectivity index (χ0v) is 7.99. The van der Waals surface area contributed by atoms with Crippen molar-refractivity contribution in [2.45, 2.75) is 13.8 Å². The molecule has 0 unspecified atom stereocenters. The van der Waals surface area contributed by atoms with Gasteiger partial charge < -0.3 is 4.57 Å². The molecule has 0 N–H and O–H groups in total. The fourth-order valence-electron chi connectivity index (χ4n) is 0.742. The number of nitrogens with zero attached hydrogens (tertiary/aromatic N) is 2. The van der Waals surface area contributed by atoms with Crippen LogP contribution in [0.4, 0.5) is 0 Å². The highest BCUT2D eigenvalue weighted by Crippen LogP contribution is 1.76. The van der Waals surface area contributed by atoms with Crippen molar-refractivity contribution in [1.29, 1.82) is 0 Å². The summed E-state index contributed by atoms with van der Waals surface area (Å²) in [5.41, 5.74) is 0.914. The molecule has 0 radical (unpaired) electrons. The van der Waals surface area contributed by atoms with Crippen LogP contribution in [0, 0.1) is 0 Å². The molecule has 0 saturated carbocycles. The van der Waals surface area contributed by atoms with Crippen molar-refractivity contribution in [3.05, 3.63) is 42.7 Å². The maximum Gasteiger partial charge on any atom is 0.132 e. The lowest BCUT2D eigenvalue weighted by atomic mass is 10.5. The van der Waals surface area contributed by atoms with Crippen molar-refractivity contribution in [2.75, 3.05) is 0 Å². The lowest BCUT2D eigenvalue weighted by Gasteiger charge is -1.94. The van der Waals surface area contributed by atoms with Gasteiger partial charge in [0.2, 0.25) is 0 Å². The fraction of sp³-hybridized carbons (Fsp3) is 0.300. The minimum atomic E-state index is 0.914. The highest BCUT2D eigenvalue weighted by Gasteiger charge is 1.79. The Balaban J connectivity index is 0.000000561. The van der Waals surface area contributed by atoms with Crippen LogP contribution in [0.1, 0.15) is 13.8 Å². The maximum absolute atomic E-state index is 4.03. The molecule has 0 aliphatic heterocycles. The van der Waals surface area contributed by atoms with Crippen LogP contribution in [0.25, 0.3) is 0 Å². The summed E-state index contributed by atoms with van der Waals surface area (Å²) in [7, 11) is 1.95. The van der Waals surface area contributed by atoms with E-state index in [2.05, 4.69) is 11.6 Å². The monoisotopic (exact) mass is 164 g/mol. The largest absolute Gasteiger partial charge is 0.336 e. The van der Waals surface area contributed by atoms with Gasteiger partial charge in [-0.2, -0.15) is 0 Å². The van der Waals surface area contributed by atoms with Crippen LogP contribution in [-0.4, -0.2) is 4.57 Å². The number of pyridine rings is 1. The van der Waals surface area contributed by atoms with E-state index in [4.69, 9.17) is 0 Å². The third-order valence-corrected chi connectivity index (χ3v) is 1.25. The highest BCUT2D eigenvalue weighted by molar-refractivity contribution is 4.92. The lowest BCUT2D eigenvalue weighted by molar-refractivity contribution is 0.834. The van der Waals surface area contributed by atoms with Crippen molar-refractivity contribution in [1.82, 2.24) is 4.57 Å². The summed E-state index contributed by atoms with van der Waals surface area (Å²) in [4.78, 5) is 4.03. The van der Waals surface area contributed by atoms with Gasteiger partial charge in [-0.3, -0.25) is 0 Å². The molecule has 0 amide bonds. The van der Waals surface area contributed by atoms with Crippen molar-refractivity contribution in [3.63, 3.8) is 0 Å². The van der Waals surface area contributed by atoms with Gasteiger partial charge in [0.25, 0.3) is 0 Å². The second kappa shape index (κ2) is 6.40. The Kier molecular flexibility index (Phi) is 5.70. The van der Waals surface area contributed by atoms with Crippen LogP contribution in [0.15, 0.2) is 42.2 Å². The minimum Gasteiger partial charge on any atom is -0.336 e. The third kappa shape index (κ3) is 3.19. The van der Waals surface area contributed by atoms with E-state index in [-0.39, 0.29) is 0 Å². The molecular formula is C10H16N2. The summed E-state index contributed by atoms with van der Waals surface area (Å²) in [5.74, 6) is 0. The molecule has 1 rings (SSSR count). The molecule has 0 aromatic carbocycles. The topological polar surface area (TPSA) is 17.3 Å². The van der Waals surface area contributed by atoms with Gasteiger partial charge in [0.15, 0.2) is 0 Å². The first kappa shape index (κ1) is 10.7. The average Bonchev–Trinajstić information content (AvgIpc) is 2.13. The first-order valence-electron chi connectivity index (χ1n) is 4.11. The molecule has 0 aliphatic carbocycles. The van der Waals surface area contributed by atoms with Gasteiger partial charge in [0.05, 0.1) is 0 Å². The van der Waals surface area contributed by atoms with Crippen LogP contribution >= 0.6 is 0 Å². The van der Waals surface area contributed by atoms with Crippen LogP contribution in [0.3, 0.4) is 0 Å². The van der Waals surface area contributed by atoms with Crippen molar-refractivity contribution >= 4 is 0 Å². The third-order valence-electron chi connectivity index (χ3n) is 1.25. The van der Waals surface area contributed by atoms with E-state index in [0.29, 0.717) is 0 Å². The lowest BCUT2D eigenvalue weighted by Crippen LogP contribution is -2.14. The quantitative estimate of drug-likeness (QED) is 0.605. The van der Waals surface area contributed by atoms with E-state index in [0.717, 1.165) is 5.49 Å². The van der Waals surface area contributed by atoms with Gasteiger partial charge >= 0.3 is 0 Å². The molecule has 0 saturated heterocycles. The number of rotatable bonds is 1. The van der Waals surface area contributed by atoms with Crippen molar-refractivity contribution in [3.8, 4) is 0 Å². The maximum atomic E-state index is 4.03. The molecule has 1 aromatic rings. The molecule has 12 heavy (non-hydrogen) atoms. The van der Waals surface area contributed by atoms with E-state index in [9.17, 15) is 0 Å². The van der Waals surface area contributed by atoms with Crippen LogP contribution in [-0.2, 0) is 7.05 Å². The van der Waals surface area contributed by atoms with Gasteiger partial charge in [0, 0.05) is 19.4 Å². The van der Waals surface area contributed by atoms with Gasteiger partial charge in [-0.15, -0.1) is 0 Å².